The lowest BCUT2D eigenvalue weighted by Crippen LogP contribution is -2.08. The van der Waals surface area contributed by atoms with Crippen molar-refractivity contribution < 1.29 is 4.79 Å². The number of ketones is 1. The number of hydrogen-bond acceptors (Lipinski definition) is 5. The second-order valence-electron chi connectivity index (χ2n) is 5.23. The van der Waals surface area contributed by atoms with Gasteiger partial charge in [-0.25, -0.2) is 9.97 Å². The van der Waals surface area contributed by atoms with Gasteiger partial charge in [0.05, 0.1) is 11.6 Å². The van der Waals surface area contributed by atoms with Gasteiger partial charge in [-0.05, 0) is 37.3 Å². The first-order valence-corrected chi connectivity index (χ1v) is 7.38. The molecule has 0 aliphatic carbocycles. The van der Waals surface area contributed by atoms with Crippen molar-refractivity contribution in [3.8, 4) is 6.07 Å². The third-order valence-electron chi connectivity index (χ3n) is 3.39. The van der Waals surface area contributed by atoms with Crippen LogP contribution in [-0.2, 0) is 0 Å². The van der Waals surface area contributed by atoms with Crippen LogP contribution in [0, 0.1) is 18.3 Å². The molecule has 0 radical (unpaired) electrons. The number of rotatable bonds is 4. The van der Waals surface area contributed by atoms with Crippen LogP contribution in [0.5, 0.6) is 0 Å². The Morgan fingerprint density at radius 2 is 1.75 bits per heavy atom. The van der Waals surface area contributed by atoms with Crippen molar-refractivity contribution in [2.75, 3.05) is 5.32 Å². The van der Waals surface area contributed by atoms with Gasteiger partial charge in [-0.3, -0.25) is 4.79 Å². The first-order valence-electron chi connectivity index (χ1n) is 7.38. The molecular formula is C19H14N4O. The molecule has 0 saturated carbocycles. The summed E-state index contributed by atoms with van der Waals surface area (Å²) in [7, 11) is 0. The van der Waals surface area contributed by atoms with E-state index in [1.807, 2.05) is 25.1 Å². The molecule has 3 aromatic rings. The quantitative estimate of drug-likeness (QED) is 0.744. The molecule has 24 heavy (non-hydrogen) atoms. The summed E-state index contributed by atoms with van der Waals surface area (Å²) in [6, 6.07) is 19.7. The van der Waals surface area contributed by atoms with Gasteiger partial charge in [0, 0.05) is 16.9 Å². The Labute approximate surface area is 139 Å². The lowest BCUT2D eigenvalue weighted by atomic mass is 10.1. The van der Waals surface area contributed by atoms with Crippen LogP contribution < -0.4 is 5.32 Å². The molecule has 0 aliphatic rings. The maximum atomic E-state index is 12.5. The van der Waals surface area contributed by atoms with E-state index in [-0.39, 0.29) is 5.78 Å². The zero-order valence-electron chi connectivity index (χ0n) is 13.0. The molecule has 5 heteroatoms. The first-order chi connectivity index (χ1) is 11.7. The summed E-state index contributed by atoms with van der Waals surface area (Å²) < 4.78 is 0. The zero-order chi connectivity index (χ0) is 16.9. The number of carbonyl (C=O) groups is 1. The molecular weight excluding hydrogens is 300 g/mol. The monoisotopic (exact) mass is 314 g/mol. The number of nitrogens with zero attached hydrogens (tertiary/aromatic N) is 3. The van der Waals surface area contributed by atoms with E-state index >= 15 is 0 Å². The van der Waals surface area contributed by atoms with E-state index < -0.39 is 0 Å². The van der Waals surface area contributed by atoms with Gasteiger partial charge in [0.2, 0.25) is 11.7 Å². The van der Waals surface area contributed by atoms with E-state index in [0.717, 1.165) is 5.69 Å². The summed E-state index contributed by atoms with van der Waals surface area (Å²) in [5.74, 6) is 0.197. The van der Waals surface area contributed by atoms with Gasteiger partial charge in [0.15, 0.2) is 0 Å². The van der Waals surface area contributed by atoms with Crippen LogP contribution >= 0.6 is 0 Å². The molecule has 3 rings (SSSR count). The van der Waals surface area contributed by atoms with Crippen molar-refractivity contribution >= 4 is 17.4 Å². The molecule has 0 aliphatic heterocycles. The fourth-order valence-corrected chi connectivity index (χ4v) is 2.24. The van der Waals surface area contributed by atoms with Crippen LogP contribution in [0.1, 0.15) is 27.3 Å². The maximum absolute atomic E-state index is 12.5. The molecule has 0 spiro atoms. The number of nitriles is 1. The van der Waals surface area contributed by atoms with Crippen molar-refractivity contribution in [2.45, 2.75) is 6.92 Å². The van der Waals surface area contributed by atoms with E-state index in [2.05, 4.69) is 21.4 Å². The third kappa shape index (κ3) is 3.45. The highest BCUT2D eigenvalue weighted by Gasteiger charge is 2.12. The van der Waals surface area contributed by atoms with Crippen LogP contribution in [0.4, 0.5) is 11.6 Å². The molecule has 5 nitrogen and oxygen atoms in total. The predicted octanol–water partition coefficient (Wildman–Crippen LogP) is 3.63. The summed E-state index contributed by atoms with van der Waals surface area (Å²) in [6.45, 7) is 1.81. The fraction of sp³-hybridized carbons (Fsp3) is 0.0526. The Morgan fingerprint density at radius 1 is 1.04 bits per heavy atom. The molecule has 1 aromatic heterocycles. The summed E-state index contributed by atoms with van der Waals surface area (Å²) >= 11 is 0. The molecule has 0 atom stereocenters. The Kier molecular flexibility index (Phi) is 4.30. The molecule has 1 heterocycles. The van der Waals surface area contributed by atoms with Crippen LogP contribution in [0.25, 0.3) is 0 Å². The smallest absolute Gasteiger partial charge is 0.228 e. The van der Waals surface area contributed by atoms with Gasteiger partial charge in [0.1, 0.15) is 5.69 Å². The number of nitrogens with one attached hydrogen (secondary N) is 1. The summed E-state index contributed by atoms with van der Waals surface area (Å²) in [6.07, 6.45) is 0. The highest BCUT2D eigenvalue weighted by atomic mass is 16.1. The minimum atomic E-state index is -0.149. The van der Waals surface area contributed by atoms with Gasteiger partial charge in [0.25, 0.3) is 0 Å². The average molecular weight is 314 g/mol. The highest BCUT2D eigenvalue weighted by Crippen LogP contribution is 2.16. The van der Waals surface area contributed by atoms with E-state index in [9.17, 15) is 4.79 Å². The minimum absolute atomic E-state index is 0.149. The lowest BCUT2D eigenvalue weighted by molar-refractivity contribution is 0.103. The standard InChI is InChI=1S/C19H14N4O/c1-13-11-17(18(24)15-5-3-2-4-6-15)23-19(21-13)22-16-9-7-14(12-20)8-10-16/h2-11H,1H3,(H,21,22,23). The van der Waals surface area contributed by atoms with Crippen molar-refractivity contribution in [3.63, 3.8) is 0 Å². The van der Waals surface area contributed by atoms with Gasteiger partial charge in [-0.15, -0.1) is 0 Å². The molecule has 0 amide bonds. The van der Waals surface area contributed by atoms with E-state index in [1.165, 1.54) is 0 Å². The van der Waals surface area contributed by atoms with Crippen LogP contribution in [0.3, 0.4) is 0 Å². The SMILES string of the molecule is Cc1cc(C(=O)c2ccccc2)nc(Nc2ccc(C#N)cc2)n1. The normalized spacial score (nSPS) is 10.0. The predicted molar refractivity (Wildman–Crippen MR) is 91.1 cm³/mol. The van der Waals surface area contributed by atoms with Crippen molar-refractivity contribution in [1.29, 1.82) is 5.26 Å². The molecule has 0 unspecified atom stereocenters. The number of aryl methyl sites for hydroxylation is 1. The van der Waals surface area contributed by atoms with E-state index in [1.54, 1.807) is 42.5 Å². The molecule has 0 saturated heterocycles. The molecule has 0 fully saturated rings. The largest absolute Gasteiger partial charge is 0.324 e. The summed E-state index contributed by atoms with van der Waals surface area (Å²) in [4.78, 5) is 21.2. The average Bonchev–Trinajstić information content (AvgIpc) is 2.62. The second kappa shape index (κ2) is 6.71. The first kappa shape index (κ1) is 15.4. The number of hydrogen-bond donors (Lipinski definition) is 1. The van der Waals surface area contributed by atoms with Crippen LogP contribution in [0.15, 0.2) is 60.7 Å². The number of carbonyl (C=O) groups excluding carboxylic acids is 1. The Morgan fingerprint density at radius 3 is 2.42 bits per heavy atom. The Hall–Kier alpha value is -3.52. The van der Waals surface area contributed by atoms with Gasteiger partial charge in [-0.2, -0.15) is 5.26 Å². The van der Waals surface area contributed by atoms with Crippen LogP contribution in [0.2, 0.25) is 0 Å². The number of aromatic nitrogens is 2. The highest BCUT2D eigenvalue weighted by molar-refractivity contribution is 6.07. The molecule has 1 N–H and O–H groups in total. The van der Waals surface area contributed by atoms with E-state index in [4.69, 9.17) is 5.26 Å². The third-order valence-corrected chi connectivity index (χ3v) is 3.39. The van der Waals surface area contributed by atoms with Gasteiger partial charge in [-0.1, -0.05) is 30.3 Å². The Bertz CT molecular complexity index is 912. The fourth-order valence-electron chi connectivity index (χ4n) is 2.24. The van der Waals surface area contributed by atoms with Gasteiger partial charge < -0.3 is 5.32 Å². The second-order valence-corrected chi connectivity index (χ2v) is 5.23. The topological polar surface area (TPSA) is 78.7 Å². The van der Waals surface area contributed by atoms with Crippen LogP contribution in [-0.4, -0.2) is 15.8 Å². The maximum Gasteiger partial charge on any atom is 0.228 e. The Balaban J connectivity index is 1.88. The van der Waals surface area contributed by atoms with E-state index in [0.29, 0.717) is 28.5 Å². The summed E-state index contributed by atoms with van der Waals surface area (Å²) in [5.41, 5.74) is 2.94. The van der Waals surface area contributed by atoms with Crippen molar-refractivity contribution in [2.24, 2.45) is 0 Å². The molecule has 2 aromatic carbocycles. The number of benzene rings is 2. The van der Waals surface area contributed by atoms with Crippen molar-refractivity contribution in [3.05, 3.63) is 83.2 Å². The number of anilines is 2. The van der Waals surface area contributed by atoms with Gasteiger partial charge >= 0.3 is 0 Å². The zero-order valence-corrected chi connectivity index (χ0v) is 13.0. The minimum Gasteiger partial charge on any atom is -0.324 e. The molecule has 116 valence electrons. The molecule has 0 bridgehead atoms. The van der Waals surface area contributed by atoms with Crippen molar-refractivity contribution in [1.82, 2.24) is 9.97 Å². The summed E-state index contributed by atoms with van der Waals surface area (Å²) in [5, 5.41) is 11.9. The lowest BCUT2D eigenvalue weighted by Gasteiger charge is -2.08.